The van der Waals surface area contributed by atoms with E-state index in [1.807, 2.05) is 6.07 Å². The van der Waals surface area contributed by atoms with E-state index in [2.05, 4.69) is 5.10 Å². The molecule has 1 heterocycles. The van der Waals surface area contributed by atoms with Crippen LogP contribution in [0.25, 0.3) is 10.9 Å². The van der Waals surface area contributed by atoms with E-state index in [1.54, 1.807) is 17.9 Å². The van der Waals surface area contributed by atoms with Crippen LogP contribution in [0.3, 0.4) is 0 Å². The summed E-state index contributed by atoms with van der Waals surface area (Å²) in [6.45, 7) is 0.349. The Morgan fingerprint density at radius 3 is 3.00 bits per heavy atom. The lowest BCUT2D eigenvalue weighted by Gasteiger charge is -1.96. The molecule has 68 valence electrons. The van der Waals surface area contributed by atoms with E-state index in [1.165, 1.54) is 6.07 Å². The van der Waals surface area contributed by atoms with Crippen LogP contribution in [-0.4, -0.2) is 9.78 Å². The number of nitrogens with zero attached hydrogens (tertiary/aromatic N) is 2. The van der Waals surface area contributed by atoms with Crippen molar-refractivity contribution in [2.45, 2.75) is 6.54 Å². The Morgan fingerprint density at radius 1 is 1.54 bits per heavy atom. The summed E-state index contributed by atoms with van der Waals surface area (Å²) in [4.78, 5) is 0. The Bertz CT molecular complexity index is 447. The number of rotatable bonds is 1. The molecule has 0 amide bonds. The molecule has 0 fully saturated rings. The summed E-state index contributed by atoms with van der Waals surface area (Å²) in [5.74, 6) is -0.307. The molecule has 0 atom stereocenters. The highest BCUT2D eigenvalue weighted by molar-refractivity contribution is 5.79. The van der Waals surface area contributed by atoms with Gasteiger partial charge in [0.2, 0.25) is 0 Å². The lowest BCUT2D eigenvalue weighted by Crippen LogP contribution is -1.96. The number of hydrogen-bond donors (Lipinski definition) is 1. The van der Waals surface area contributed by atoms with Gasteiger partial charge in [0, 0.05) is 25.2 Å². The van der Waals surface area contributed by atoms with E-state index >= 15 is 0 Å². The third kappa shape index (κ3) is 1.29. The minimum absolute atomic E-state index is 0.307. The van der Waals surface area contributed by atoms with Gasteiger partial charge in [0.1, 0.15) is 5.52 Å². The predicted octanol–water partition coefficient (Wildman–Crippen LogP) is 1.17. The van der Waals surface area contributed by atoms with Crippen molar-refractivity contribution in [2.75, 3.05) is 0 Å². The maximum absolute atomic E-state index is 13.3. The van der Waals surface area contributed by atoms with Gasteiger partial charge in [-0.1, -0.05) is 0 Å². The van der Waals surface area contributed by atoms with E-state index in [-0.39, 0.29) is 5.82 Å². The average Bonchev–Trinajstić information content (AvgIpc) is 2.46. The first kappa shape index (κ1) is 8.19. The van der Waals surface area contributed by atoms with Crippen LogP contribution in [0.4, 0.5) is 4.39 Å². The zero-order valence-corrected chi connectivity index (χ0v) is 7.29. The molecule has 0 radical (unpaired) electrons. The number of fused-ring (bicyclic) bond motifs is 1. The van der Waals surface area contributed by atoms with Crippen molar-refractivity contribution in [3.63, 3.8) is 0 Å². The molecule has 4 heteroatoms. The molecule has 2 rings (SSSR count). The summed E-state index contributed by atoms with van der Waals surface area (Å²) in [6.07, 6.45) is 1.78. The topological polar surface area (TPSA) is 43.8 Å². The maximum atomic E-state index is 13.3. The highest BCUT2D eigenvalue weighted by Crippen LogP contribution is 2.17. The fourth-order valence-corrected chi connectivity index (χ4v) is 1.39. The Kier molecular flexibility index (Phi) is 1.77. The van der Waals surface area contributed by atoms with Crippen molar-refractivity contribution < 1.29 is 4.39 Å². The number of aromatic nitrogens is 2. The summed E-state index contributed by atoms with van der Waals surface area (Å²) in [5, 5.41) is 4.78. The van der Waals surface area contributed by atoms with Crippen molar-refractivity contribution in [1.82, 2.24) is 9.78 Å². The van der Waals surface area contributed by atoms with Gasteiger partial charge in [-0.2, -0.15) is 5.10 Å². The van der Waals surface area contributed by atoms with Gasteiger partial charge in [-0.15, -0.1) is 0 Å². The average molecular weight is 179 g/mol. The van der Waals surface area contributed by atoms with Gasteiger partial charge in [0.05, 0.1) is 0 Å². The van der Waals surface area contributed by atoms with Crippen LogP contribution in [0, 0.1) is 5.82 Å². The zero-order chi connectivity index (χ0) is 9.42. The minimum atomic E-state index is -0.307. The van der Waals surface area contributed by atoms with Crippen LogP contribution in [0.5, 0.6) is 0 Å². The van der Waals surface area contributed by atoms with E-state index < -0.39 is 0 Å². The molecular weight excluding hydrogens is 169 g/mol. The van der Waals surface area contributed by atoms with Gasteiger partial charge in [-0.25, -0.2) is 4.39 Å². The molecule has 0 unspecified atom stereocenters. The molecule has 0 aliphatic carbocycles. The van der Waals surface area contributed by atoms with E-state index in [9.17, 15) is 4.39 Å². The summed E-state index contributed by atoms with van der Waals surface area (Å²) in [5.41, 5.74) is 6.61. The summed E-state index contributed by atoms with van der Waals surface area (Å²) < 4.78 is 14.9. The largest absolute Gasteiger partial charge is 0.326 e. The summed E-state index contributed by atoms with van der Waals surface area (Å²) in [7, 11) is 1.77. The fraction of sp³-hybridized carbons (Fsp3) is 0.222. The first-order chi connectivity index (χ1) is 6.20. The van der Waals surface area contributed by atoms with E-state index in [4.69, 9.17) is 5.73 Å². The lowest BCUT2D eigenvalue weighted by atomic mass is 10.1. The number of benzene rings is 1. The molecule has 13 heavy (non-hydrogen) atoms. The molecule has 0 aliphatic heterocycles. The van der Waals surface area contributed by atoms with Gasteiger partial charge >= 0.3 is 0 Å². The van der Waals surface area contributed by atoms with Gasteiger partial charge in [0.25, 0.3) is 0 Å². The molecule has 3 nitrogen and oxygen atoms in total. The Labute approximate surface area is 75.0 Å². The van der Waals surface area contributed by atoms with Gasteiger partial charge < -0.3 is 5.73 Å². The quantitative estimate of drug-likeness (QED) is 0.714. The molecule has 0 spiro atoms. The normalized spacial score (nSPS) is 11.0. The van der Waals surface area contributed by atoms with E-state index in [0.29, 0.717) is 12.1 Å². The third-order valence-electron chi connectivity index (χ3n) is 1.97. The lowest BCUT2D eigenvalue weighted by molar-refractivity contribution is 0.630. The minimum Gasteiger partial charge on any atom is -0.326 e. The molecule has 0 saturated heterocycles. The van der Waals surface area contributed by atoms with Gasteiger partial charge in [-0.3, -0.25) is 4.68 Å². The second kappa shape index (κ2) is 2.81. The van der Waals surface area contributed by atoms with Gasteiger partial charge in [-0.05, 0) is 17.7 Å². The van der Waals surface area contributed by atoms with Crippen LogP contribution in [-0.2, 0) is 13.6 Å². The molecule has 2 N–H and O–H groups in total. The van der Waals surface area contributed by atoms with Crippen LogP contribution in [0.1, 0.15) is 5.56 Å². The second-order valence-electron chi connectivity index (χ2n) is 3.02. The maximum Gasteiger partial charge on any atom is 0.151 e. The smallest absolute Gasteiger partial charge is 0.151 e. The van der Waals surface area contributed by atoms with Crippen molar-refractivity contribution in [3.05, 3.63) is 29.7 Å². The monoisotopic (exact) mass is 179 g/mol. The molecule has 0 bridgehead atoms. The third-order valence-corrected chi connectivity index (χ3v) is 1.97. The Hall–Kier alpha value is -1.42. The van der Waals surface area contributed by atoms with Crippen molar-refractivity contribution in [3.8, 4) is 0 Å². The highest BCUT2D eigenvalue weighted by atomic mass is 19.1. The van der Waals surface area contributed by atoms with Crippen LogP contribution >= 0.6 is 0 Å². The van der Waals surface area contributed by atoms with Crippen molar-refractivity contribution in [2.24, 2.45) is 12.8 Å². The SMILES string of the molecule is Cn1cc2cc(CN)cc(F)c2n1. The van der Waals surface area contributed by atoms with Crippen LogP contribution in [0.15, 0.2) is 18.3 Å². The van der Waals surface area contributed by atoms with Crippen LogP contribution < -0.4 is 5.73 Å². The van der Waals surface area contributed by atoms with Crippen LogP contribution in [0.2, 0.25) is 0 Å². The number of aryl methyl sites for hydroxylation is 1. The molecule has 1 aromatic carbocycles. The molecule has 1 aromatic heterocycles. The van der Waals surface area contributed by atoms with Crippen molar-refractivity contribution >= 4 is 10.9 Å². The fourth-order valence-electron chi connectivity index (χ4n) is 1.39. The molecule has 2 aromatic rings. The Balaban J connectivity index is 2.75. The standard InChI is InChI=1S/C9H10FN3/c1-13-5-7-2-6(4-11)3-8(10)9(7)12-13/h2-3,5H,4,11H2,1H3. The number of nitrogens with two attached hydrogens (primary N) is 1. The highest BCUT2D eigenvalue weighted by Gasteiger charge is 2.06. The van der Waals surface area contributed by atoms with E-state index in [0.717, 1.165) is 10.9 Å². The first-order valence-corrected chi connectivity index (χ1v) is 4.02. The number of hydrogen-bond acceptors (Lipinski definition) is 2. The summed E-state index contributed by atoms with van der Waals surface area (Å²) >= 11 is 0. The van der Waals surface area contributed by atoms with Crippen molar-refractivity contribution in [1.29, 1.82) is 0 Å². The number of halogens is 1. The molecule has 0 aliphatic rings. The van der Waals surface area contributed by atoms with Gasteiger partial charge in [0.15, 0.2) is 5.82 Å². The predicted molar refractivity (Wildman–Crippen MR) is 48.6 cm³/mol. The molecule has 0 saturated carbocycles. The zero-order valence-electron chi connectivity index (χ0n) is 7.29. The molecular formula is C9H10FN3. The second-order valence-corrected chi connectivity index (χ2v) is 3.02. The first-order valence-electron chi connectivity index (χ1n) is 4.02. The Morgan fingerprint density at radius 2 is 2.31 bits per heavy atom. The summed E-state index contributed by atoms with van der Waals surface area (Å²) in [6, 6.07) is 3.28.